The van der Waals surface area contributed by atoms with Gasteiger partial charge in [0.15, 0.2) is 0 Å². The van der Waals surface area contributed by atoms with E-state index in [1.54, 1.807) is 6.08 Å². The van der Waals surface area contributed by atoms with Gasteiger partial charge in [-0.1, -0.05) is 12.7 Å². The van der Waals surface area contributed by atoms with Gasteiger partial charge < -0.3 is 9.47 Å². The molecule has 1 aliphatic carbocycles. The summed E-state index contributed by atoms with van der Waals surface area (Å²) in [6.45, 7) is 3.13. The largest absolute Gasteiger partial charge is 0.449 e. The van der Waals surface area contributed by atoms with Crippen molar-refractivity contribution in [3.8, 4) is 0 Å². The molecule has 0 aliphatic heterocycles. The Morgan fingerprint density at radius 1 is 1.50 bits per heavy atom. The molecule has 0 heterocycles. The van der Waals surface area contributed by atoms with Crippen LogP contribution in [-0.4, -0.2) is 18.0 Å². The lowest BCUT2D eigenvalue weighted by atomic mass is 10.1. The zero-order valence-electron chi connectivity index (χ0n) is 6.36. The zero-order valence-corrected chi connectivity index (χ0v) is 6.36. The highest BCUT2D eigenvalue weighted by Crippen LogP contribution is 2.11. The van der Waals surface area contributed by atoms with Crippen LogP contribution in [0.3, 0.4) is 0 Å². The average molecular weight is 168 g/mol. The second-order valence-electron chi connectivity index (χ2n) is 2.18. The standard InChI is InChI=1S/C8H8O4/c1-2-11-7(9)8(10)12-6-4-3-5-6/h2-4,6H,1,5H2. The monoisotopic (exact) mass is 168 g/mol. The summed E-state index contributed by atoms with van der Waals surface area (Å²) in [6, 6.07) is 0. The third-order valence-electron chi connectivity index (χ3n) is 1.33. The van der Waals surface area contributed by atoms with E-state index in [0.717, 1.165) is 6.26 Å². The van der Waals surface area contributed by atoms with Crippen LogP contribution >= 0.6 is 0 Å². The van der Waals surface area contributed by atoms with E-state index >= 15 is 0 Å². The molecule has 0 radical (unpaired) electrons. The summed E-state index contributed by atoms with van der Waals surface area (Å²) in [4.78, 5) is 21.4. The van der Waals surface area contributed by atoms with E-state index in [1.807, 2.05) is 6.08 Å². The minimum Gasteiger partial charge on any atom is -0.449 e. The zero-order chi connectivity index (χ0) is 8.97. The van der Waals surface area contributed by atoms with Crippen molar-refractivity contribution >= 4 is 11.9 Å². The summed E-state index contributed by atoms with van der Waals surface area (Å²) >= 11 is 0. The summed E-state index contributed by atoms with van der Waals surface area (Å²) in [6.07, 6.45) is 4.82. The highest BCUT2D eigenvalue weighted by Gasteiger charge is 2.22. The minimum atomic E-state index is -1.04. The Kier molecular flexibility index (Phi) is 2.63. The SMILES string of the molecule is C=COC(=O)C(=O)OC1C=CC1. The average Bonchev–Trinajstić information content (AvgIpc) is 1.97. The lowest BCUT2D eigenvalue weighted by Gasteiger charge is -2.16. The van der Waals surface area contributed by atoms with Crippen LogP contribution in [0.4, 0.5) is 0 Å². The number of esters is 2. The van der Waals surface area contributed by atoms with Crippen molar-refractivity contribution < 1.29 is 19.1 Å². The summed E-state index contributed by atoms with van der Waals surface area (Å²) < 4.78 is 8.85. The van der Waals surface area contributed by atoms with E-state index < -0.39 is 11.9 Å². The van der Waals surface area contributed by atoms with Crippen molar-refractivity contribution in [2.45, 2.75) is 12.5 Å². The Morgan fingerprint density at radius 3 is 2.58 bits per heavy atom. The fraction of sp³-hybridized carbons (Fsp3) is 0.250. The van der Waals surface area contributed by atoms with Gasteiger partial charge in [-0.2, -0.15) is 0 Å². The number of hydrogen-bond acceptors (Lipinski definition) is 4. The fourth-order valence-corrected chi connectivity index (χ4v) is 0.644. The summed E-state index contributed by atoms with van der Waals surface area (Å²) in [5, 5.41) is 0. The van der Waals surface area contributed by atoms with Gasteiger partial charge in [0.2, 0.25) is 0 Å². The Hall–Kier alpha value is -1.58. The molecular formula is C8H8O4. The van der Waals surface area contributed by atoms with Crippen molar-refractivity contribution in [1.82, 2.24) is 0 Å². The summed E-state index contributed by atoms with van der Waals surface area (Å²) in [7, 11) is 0. The van der Waals surface area contributed by atoms with Crippen LogP contribution in [0.15, 0.2) is 25.0 Å². The van der Waals surface area contributed by atoms with Gasteiger partial charge in [0.25, 0.3) is 0 Å². The minimum absolute atomic E-state index is 0.269. The molecule has 12 heavy (non-hydrogen) atoms. The Labute approximate surface area is 69.5 Å². The second kappa shape index (κ2) is 3.71. The molecule has 0 amide bonds. The number of carbonyl (C=O) groups excluding carboxylic acids is 2. The molecule has 0 aromatic rings. The van der Waals surface area contributed by atoms with Crippen molar-refractivity contribution in [2.75, 3.05) is 0 Å². The smallest absolute Gasteiger partial charge is 0.422 e. The Morgan fingerprint density at radius 2 is 2.17 bits per heavy atom. The van der Waals surface area contributed by atoms with Crippen molar-refractivity contribution in [3.63, 3.8) is 0 Å². The Balaban J connectivity index is 2.31. The summed E-state index contributed by atoms with van der Waals surface area (Å²) in [5.74, 6) is -2.02. The third-order valence-corrected chi connectivity index (χ3v) is 1.33. The van der Waals surface area contributed by atoms with E-state index in [1.165, 1.54) is 0 Å². The van der Waals surface area contributed by atoms with Crippen LogP contribution in [-0.2, 0) is 19.1 Å². The van der Waals surface area contributed by atoms with Gasteiger partial charge in [0.05, 0.1) is 6.26 Å². The molecule has 1 rings (SSSR count). The van der Waals surface area contributed by atoms with E-state index in [0.29, 0.717) is 6.42 Å². The van der Waals surface area contributed by atoms with Crippen LogP contribution < -0.4 is 0 Å². The van der Waals surface area contributed by atoms with E-state index in [4.69, 9.17) is 0 Å². The lowest BCUT2D eigenvalue weighted by Crippen LogP contribution is -2.26. The quantitative estimate of drug-likeness (QED) is 0.261. The number of rotatable bonds is 2. The second-order valence-corrected chi connectivity index (χ2v) is 2.18. The van der Waals surface area contributed by atoms with Gasteiger partial charge in [-0.15, -0.1) is 0 Å². The molecule has 4 nitrogen and oxygen atoms in total. The number of carbonyl (C=O) groups is 2. The van der Waals surface area contributed by atoms with Crippen LogP contribution in [0, 0.1) is 0 Å². The maximum absolute atomic E-state index is 10.8. The normalized spacial score (nSPS) is 19.2. The molecule has 0 saturated carbocycles. The van der Waals surface area contributed by atoms with Crippen molar-refractivity contribution in [2.24, 2.45) is 0 Å². The van der Waals surface area contributed by atoms with Crippen molar-refractivity contribution in [3.05, 3.63) is 25.0 Å². The first kappa shape index (κ1) is 8.52. The van der Waals surface area contributed by atoms with Crippen LogP contribution in [0.25, 0.3) is 0 Å². The molecule has 0 aromatic carbocycles. The lowest BCUT2D eigenvalue weighted by molar-refractivity contribution is -0.166. The molecule has 1 aliphatic rings. The molecule has 1 unspecified atom stereocenters. The van der Waals surface area contributed by atoms with E-state index in [9.17, 15) is 9.59 Å². The first-order valence-corrected chi connectivity index (χ1v) is 3.43. The van der Waals surface area contributed by atoms with E-state index in [2.05, 4.69) is 16.1 Å². The first-order valence-electron chi connectivity index (χ1n) is 3.43. The van der Waals surface area contributed by atoms with E-state index in [-0.39, 0.29) is 6.10 Å². The van der Waals surface area contributed by atoms with Gasteiger partial charge in [-0.25, -0.2) is 9.59 Å². The molecule has 1 atom stereocenters. The molecular weight excluding hydrogens is 160 g/mol. The van der Waals surface area contributed by atoms with Crippen molar-refractivity contribution in [1.29, 1.82) is 0 Å². The van der Waals surface area contributed by atoms with Gasteiger partial charge in [0, 0.05) is 6.42 Å². The molecule has 0 saturated heterocycles. The fourth-order valence-electron chi connectivity index (χ4n) is 0.644. The topological polar surface area (TPSA) is 52.6 Å². The molecule has 0 fully saturated rings. The molecule has 0 aromatic heterocycles. The van der Waals surface area contributed by atoms with Crippen LogP contribution in [0.1, 0.15) is 6.42 Å². The third kappa shape index (κ3) is 1.95. The van der Waals surface area contributed by atoms with Crippen LogP contribution in [0.5, 0.6) is 0 Å². The predicted molar refractivity (Wildman–Crippen MR) is 39.9 cm³/mol. The highest BCUT2D eigenvalue weighted by molar-refractivity contribution is 6.29. The number of hydrogen-bond donors (Lipinski definition) is 0. The van der Waals surface area contributed by atoms with Gasteiger partial charge >= 0.3 is 11.9 Å². The van der Waals surface area contributed by atoms with Gasteiger partial charge in [0.1, 0.15) is 6.10 Å². The molecule has 0 spiro atoms. The first-order chi connectivity index (χ1) is 5.74. The highest BCUT2D eigenvalue weighted by atomic mass is 16.6. The summed E-state index contributed by atoms with van der Waals surface area (Å²) in [5.41, 5.74) is 0. The predicted octanol–water partition coefficient (Wildman–Crippen LogP) is 0.545. The van der Waals surface area contributed by atoms with Gasteiger partial charge in [-0.05, 0) is 6.08 Å². The maximum Gasteiger partial charge on any atom is 0.422 e. The maximum atomic E-state index is 10.8. The Bertz CT molecular complexity index is 241. The molecule has 0 N–H and O–H groups in total. The molecule has 0 bridgehead atoms. The molecule has 4 heteroatoms. The molecule has 64 valence electrons. The van der Waals surface area contributed by atoms with Crippen LogP contribution in [0.2, 0.25) is 0 Å². The van der Waals surface area contributed by atoms with Gasteiger partial charge in [-0.3, -0.25) is 0 Å². The number of ether oxygens (including phenoxy) is 2.